The summed E-state index contributed by atoms with van der Waals surface area (Å²) in [5.41, 5.74) is 5.56. The van der Waals surface area contributed by atoms with Gasteiger partial charge in [0, 0.05) is 10.8 Å². The first-order valence-corrected chi connectivity index (χ1v) is 17.2. The van der Waals surface area contributed by atoms with Crippen molar-refractivity contribution < 1.29 is 40.2 Å². The standard InChI is InChI=1S/C46H28O8/c47-40-35(41(48)42(49)39-38(40)43(50)45(52)46(53)44(39)51)23-18-16-22(17-19-23)34-26-10-3-5-12-28(26)36(29-13-6-4-11-27(29)34)30-14-7-15-32-37(30)31-20-24-8-1-2-9-25(24)21-33(31)54-32/h1-21,47-53H. The number of phenolic OH excluding ortho intramolecular Hbond substituents is 7. The highest BCUT2D eigenvalue weighted by Crippen LogP contribution is 2.59. The molecule has 0 spiro atoms. The maximum absolute atomic E-state index is 11.3. The zero-order valence-electron chi connectivity index (χ0n) is 28.2. The van der Waals surface area contributed by atoms with Crippen LogP contribution >= 0.6 is 0 Å². The van der Waals surface area contributed by atoms with Gasteiger partial charge in [-0.15, -0.1) is 0 Å². The third-order valence-electron chi connectivity index (χ3n) is 10.6. The molecule has 10 rings (SSSR count). The number of furan rings is 1. The fraction of sp³-hybridized carbons (Fsp3) is 0. The number of fused-ring (bicyclic) bond motifs is 7. The normalized spacial score (nSPS) is 11.9. The van der Waals surface area contributed by atoms with E-state index in [1.54, 1.807) is 12.1 Å². The Labute approximate surface area is 305 Å². The quantitative estimate of drug-likeness (QED) is 0.0543. The van der Waals surface area contributed by atoms with E-state index in [0.29, 0.717) is 0 Å². The summed E-state index contributed by atoms with van der Waals surface area (Å²) in [7, 11) is 0. The summed E-state index contributed by atoms with van der Waals surface area (Å²) >= 11 is 0. The fourth-order valence-corrected chi connectivity index (χ4v) is 8.16. The van der Waals surface area contributed by atoms with Crippen LogP contribution in [0.15, 0.2) is 132 Å². The summed E-state index contributed by atoms with van der Waals surface area (Å²) in [6.07, 6.45) is 0. The number of hydrogen-bond acceptors (Lipinski definition) is 8. The lowest BCUT2D eigenvalue weighted by Gasteiger charge is -2.19. The number of aromatic hydroxyl groups is 7. The van der Waals surface area contributed by atoms with Gasteiger partial charge >= 0.3 is 0 Å². The molecular formula is C46H28O8. The third-order valence-corrected chi connectivity index (χ3v) is 10.6. The molecule has 54 heavy (non-hydrogen) atoms. The minimum Gasteiger partial charge on any atom is -0.506 e. The van der Waals surface area contributed by atoms with Gasteiger partial charge in [0.1, 0.15) is 16.9 Å². The molecule has 8 nitrogen and oxygen atoms in total. The van der Waals surface area contributed by atoms with Crippen molar-refractivity contribution in [1.29, 1.82) is 0 Å². The molecule has 0 aliphatic carbocycles. The Bertz CT molecular complexity index is 3180. The SMILES string of the molecule is Oc1c(O)c(O)c2c(O)c(-c3ccc(-c4c5ccccc5c(-c5cccc6oc7cc8ccccc8cc7c56)c5ccccc45)cc3)c(O)c(O)c2c1O. The molecule has 10 aromatic rings. The van der Waals surface area contributed by atoms with E-state index in [1.807, 2.05) is 60.7 Å². The van der Waals surface area contributed by atoms with Crippen LogP contribution in [-0.2, 0) is 0 Å². The van der Waals surface area contributed by atoms with Crippen molar-refractivity contribution in [2.75, 3.05) is 0 Å². The lowest BCUT2D eigenvalue weighted by Crippen LogP contribution is -1.92. The first-order valence-electron chi connectivity index (χ1n) is 17.2. The Kier molecular flexibility index (Phi) is 6.47. The van der Waals surface area contributed by atoms with Crippen molar-refractivity contribution in [2.24, 2.45) is 0 Å². The molecule has 8 heteroatoms. The molecule has 0 radical (unpaired) electrons. The maximum atomic E-state index is 11.3. The van der Waals surface area contributed by atoms with E-state index in [4.69, 9.17) is 4.42 Å². The highest BCUT2D eigenvalue weighted by molar-refractivity contribution is 6.26. The van der Waals surface area contributed by atoms with Gasteiger partial charge in [-0.3, -0.25) is 0 Å². The molecule has 0 saturated heterocycles. The smallest absolute Gasteiger partial charge is 0.205 e. The van der Waals surface area contributed by atoms with Crippen molar-refractivity contribution in [1.82, 2.24) is 0 Å². The molecule has 0 fully saturated rings. The first kappa shape index (κ1) is 31.2. The highest BCUT2D eigenvalue weighted by atomic mass is 16.3. The molecule has 1 heterocycles. The lowest BCUT2D eigenvalue weighted by atomic mass is 9.84. The summed E-state index contributed by atoms with van der Waals surface area (Å²) in [6, 6.07) is 42.2. The van der Waals surface area contributed by atoms with Crippen LogP contribution in [0.2, 0.25) is 0 Å². The van der Waals surface area contributed by atoms with Crippen LogP contribution in [0, 0.1) is 0 Å². The van der Waals surface area contributed by atoms with Crippen LogP contribution in [-0.4, -0.2) is 35.7 Å². The molecule has 260 valence electrons. The maximum Gasteiger partial charge on any atom is 0.205 e. The molecule has 0 atom stereocenters. The Balaban J connectivity index is 1.20. The number of benzene rings is 9. The van der Waals surface area contributed by atoms with Crippen molar-refractivity contribution in [2.45, 2.75) is 0 Å². The molecule has 0 bridgehead atoms. The van der Waals surface area contributed by atoms with E-state index in [2.05, 4.69) is 54.6 Å². The Hall–Kier alpha value is -7.58. The Morgan fingerprint density at radius 2 is 0.796 bits per heavy atom. The van der Waals surface area contributed by atoms with Gasteiger partial charge in [0.15, 0.2) is 23.0 Å². The van der Waals surface area contributed by atoms with Gasteiger partial charge in [-0.25, -0.2) is 0 Å². The Morgan fingerprint density at radius 1 is 0.315 bits per heavy atom. The summed E-state index contributed by atoms with van der Waals surface area (Å²) in [6.45, 7) is 0. The van der Waals surface area contributed by atoms with E-state index >= 15 is 0 Å². The van der Waals surface area contributed by atoms with Gasteiger partial charge < -0.3 is 40.2 Å². The largest absolute Gasteiger partial charge is 0.506 e. The molecule has 0 saturated carbocycles. The van der Waals surface area contributed by atoms with Gasteiger partial charge in [0.05, 0.1) is 16.3 Å². The van der Waals surface area contributed by atoms with Gasteiger partial charge in [-0.2, -0.15) is 0 Å². The summed E-state index contributed by atoms with van der Waals surface area (Å²) in [4.78, 5) is 0. The zero-order chi connectivity index (χ0) is 37.0. The molecule has 1 aromatic heterocycles. The zero-order valence-corrected chi connectivity index (χ0v) is 28.2. The average molecular weight is 709 g/mol. The van der Waals surface area contributed by atoms with Gasteiger partial charge in [0.2, 0.25) is 11.5 Å². The van der Waals surface area contributed by atoms with E-state index in [-0.39, 0.29) is 11.1 Å². The number of hydrogen-bond donors (Lipinski definition) is 7. The second-order valence-corrected chi connectivity index (χ2v) is 13.5. The third kappa shape index (κ3) is 4.19. The minimum atomic E-state index is -1.11. The predicted molar refractivity (Wildman–Crippen MR) is 212 cm³/mol. The van der Waals surface area contributed by atoms with Gasteiger partial charge in [-0.05, 0) is 78.3 Å². The first-order chi connectivity index (χ1) is 26.2. The van der Waals surface area contributed by atoms with E-state index in [1.165, 1.54) is 0 Å². The molecule has 0 amide bonds. The fourth-order valence-electron chi connectivity index (χ4n) is 8.16. The molecule has 0 unspecified atom stereocenters. The number of phenols is 7. The minimum absolute atomic E-state index is 0.246. The molecule has 0 aliphatic rings. The van der Waals surface area contributed by atoms with Crippen LogP contribution in [0.3, 0.4) is 0 Å². The summed E-state index contributed by atoms with van der Waals surface area (Å²) in [5, 5.41) is 81.6. The molecule has 0 aliphatic heterocycles. The van der Waals surface area contributed by atoms with Crippen molar-refractivity contribution in [3.8, 4) is 73.6 Å². The lowest BCUT2D eigenvalue weighted by molar-refractivity contribution is 0.347. The second-order valence-electron chi connectivity index (χ2n) is 13.5. The van der Waals surface area contributed by atoms with Crippen LogP contribution in [0.5, 0.6) is 40.2 Å². The van der Waals surface area contributed by atoms with Crippen LogP contribution in [0.4, 0.5) is 0 Å². The molecule has 9 aromatic carbocycles. The van der Waals surface area contributed by atoms with E-state index in [9.17, 15) is 35.7 Å². The summed E-state index contributed by atoms with van der Waals surface area (Å²) in [5.74, 6) is -6.59. The van der Waals surface area contributed by atoms with Crippen molar-refractivity contribution in [3.05, 3.63) is 127 Å². The number of rotatable bonds is 3. The Morgan fingerprint density at radius 3 is 1.39 bits per heavy atom. The molecule has 7 N–H and O–H groups in total. The summed E-state index contributed by atoms with van der Waals surface area (Å²) < 4.78 is 6.46. The van der Waals surface area contributed by atoms with Crippen LogP contribution in [0.25, 0.3) is 98.4 Å². The van der Waals surface area contributed by atoms with E-state index in [0.717, 1.165) is 76.5 Å². The van der Waals surface area contributed by atoms with Crippen molar-refractivity contribution >= 4 is 65.0 Å². The second kappa shape index (κ2) is 11.2. The van der Waals surface area contributed by atoms with Crippen LogP contribution in [0.1, 0.15) is 0 Å². The van der Waals surface area contributed by atoms with Gasteiger partial charge in [-0.1, -0.05) is 109 Å². The monoisotopic (exact) mass is 708 g/mol. The van der Waals surface area contributed by atoms with Gasteiger partial charge in [0.25, 0.3) is 0 Å². The topological polar surface area (TPSA) is 155 Å². The van der Waals surface area contributed by atoms with E-state index < -0.39 is 51.0 Å². The highest BCUT2D eigenvalue weighted by Gasteiger charge is 2.29. The van der Waals surface area contributed by atoms with Crippen LogP contribution < -0.4 is 0 Å². The predicted octanol–water partition coefficient (Wildman–Crippen LogP) is 11.1. The average Bonchev–Trinajstić information content (AvgIpc) is 3.56. The van der Waals surface area contributed by atoms with Crippen molar-refractivity contribution in [3.63, 3.8) is 0 Å². The molecular weight excluding hydrogens is 680 g/mol.